The van der Waals surface area contributed by atoms with Gasteiger partial charge in [-0.25, -0.2) is 4.39 Å². The SMILES string of the molecule is FC(CBr)C1CCNCC1. The maximum Gasteiger partial charge on any atom is 0.113 e. The number of nitrogens with one attached hydrogen (secondary N) is 1. The lowest BCUT2D eigenvalue weighted by atomic mass is 9.94. The van der Waals surface area contributed by atoms with E-state index in [4.69, 9.17) is 0 Å². The molecule has 1 fully saturated rings. The maximum absolute atomic E-state index is 12.9. The topological polar surface area (TPSA) is 12.0 Å². The van der Waals surface area contributed by atoms with Crippen LogP contribution < -0.4 is 5.32 Å². The van der Waals surface area contributed by atoms with Crippen molar-refractivity contribution in [2.45, 2.75) is 19.0 Å². The predicted molar refractivity (Wildman–Crippen MR) is 44.3 cm³/mol. The molecule has 1 heterocycles. The first-order valence-corrected chi connectivity index (χ1v) is 4.87. The molecule has 0 saturated carbocycles. The van der Waals surface area contributed by atoms with Crippen molar-refractivity contribution in [3.8, 4) is 0 Å². The summed E-state index contributed by atoms with van der Waals surface area (Å²) < 4.78 is 12.9. The van der Waals surface area contributed by atoms with Gasteiger partial charge in [0.05, 0.1) is 0 Å². The summed E-state index contributed by atoms with van der Waals surface area (Å²) in [4.78, 5) is 0. The van der Waals surface area contributed by atoms with Gasteiger partial charge in [-0.3, -0.25) is 0 Å². The highest BCUT2D eigenvalue weighted by Crippen LogP contribution is 2.19. The van der Waals surface area contributed by atoms with E-state index in [0.29, 0.717) is 11.2 Å². The Morgan fingerprint density at radius 3 is 2.60 bits per heavy atom. The van der Waals surface area contributed by atoms with Crippen molar-refractivity contribution < 1.29 is 4.39 Å². The van der Waals surface area contributed by atoms with Gasteiger partial charge in [0, 0.05) is 5.33 Å². The van der Waals surface area contributed by atoms with E-state index in [1.807, 2.05) is 0 Å². The van der Waals surface area contributed by atoms with E-state index < -0.39 is 6.17 Å². The Kier molecular flexibility index (Phi) is 3.63. The molecule has 0 bridgehead atoms. The zero-order valence-corrected chi connectivity index (χ0v) is 7.53. The van der Waals surface area contributed by atoms with Gasteiger partial charge in [0.1, 0.15) is 6.17 Å². The molecule has 60 valence electrons. The van der Waals surface area contributed by atoms with Crippen LogP contribution in [0, 0.1) is 5.92 Å². The summed E-state index contributed by atoms with van der Waals surface area (Å²) in [6.07, 6.45) is 1.35. The van der Waals surface area contributed by atoms with Crippen LogP contribution in [0.5, 0.6) is 0 Å². The van der Waals surface area contributed by atoms with Crippen molar-refractivity contribution in [1.82, 2.24) is 5.32 Å². The van der Waals surface area contributed by atoms with E-state index in [2.05, 4.69) is 21.2 Å². The van der Waals surface area contributed by atoms with Gasteiger partial charge < -0.3 is 5.32 Å². The van der Waals surface area contributed by atoms with E-state index in [1.54, 1.807) is 0 Å². The highest BCUT2D eigenvalue weighted by atomic mass is 79.9. The second-order valence-corrected chi connectivity index (χ2v) is 3.41. The summed E-state index contributed by atoms with van der Waals surface area (Å²) in [5.74, 6) is 0.292. The van der Waals surface area contributed by atoms with E-state index in [0.717, 1.165) is 25.9 Å². The number of hydrogen-bond acceptors (Lipinski definition) is 1. The lowest BCUT2D eigenvalue weighted by Gasteiger charge is -2.24. The number of hydrogen-bond donors (Lipinski definition) is 1. The molecule has 1 saturated heterocycles. The molecule has 1 aliphatic heterocycles. The molecule has 1 N–H and O–H groups in total. The zero-order chi connectivity index (χ0) is 7.40. The van der Waals surface area contributed by atoms with Crippen LogP contribution in [0.25, 0.3) is 0 Å². The number of rotatable bonds is 2. The quantitative estimate of drug-likeness (QED) is 0.684. The third-order valence-electron chi connectivity index (χ3n) is 2.04. The molecule has 10 heavy (non-hydrogen) atoms. The van der Waals surface area contributed by atoms with Gasteiger partial charge in [-0.05, 0) is 31.8 Å². The van der Waals surface area contributed by atoms with Crippen molar-refractivity contribution in [1.29, 1.82) is 0 Å². The van der Waals surface area contributed by atoms with E-state index in [-0.39, 0.29) is 0 Å². The number of halogens is 2. The third-order valence-corrected chi connectivity index (χ3v) is 2.66. The van der Waals surface area contributed by atoms with Crippen LogP contribution in [0.2, 0.25) is 0 Å². The molecular formula is C7H13BrFN. The van der Waals surface area contributed by atoms with Crippen molar-refractivity contribution in [2.24, 2.45) is 5.92 Å². The Balaban J connectivity index is 2.24. The highest BCUT2D eigenvalue weighted by Gasteiger charge is 2.21. The normalized spacial score (nSPS) is 24.6. The first-order valence-electron chi connectivity index (χ1n) is 3.75. The smallest absolute Gasteiger partial charge is 0.113 e. The molecule has 3 heteroatoms. The summed E-state index contributed by atoms with van der Waals surface area (Å²) in [5.41, 5.74) is 0. The van der Waals surface area contributed by atoms with Crippen LogP contribution in [-0.4, -0.2) is 24.6 Å². The molecule has 0 spiro atoms. The van der Waals surface area contributed by atoms with Crippen molar-refractivity contribution in [3.05, 3.63) is 0 Å². The molecule has 0 aromatic heterocycles. The highest BCUT2D eigenvalue weighted by molar-refractivity contribution is 9.09. The second kappa shape index (κ2) is 4.29. The molecule has 1 aliphatic rings. The molecule has 0 aliphatic carbocycles. The average Bonchev–Trinajstić information content (AvgIpc) is 2.05. The molecule has 0 radical (unpaired) electrons. The summed E-state index contributed by atoms with van der Waals surface area (Å²) in [5, 5.41) is 3.71. The minimum absolute atomic E-state index is 0.292. The molecule has 1 unspecified atom stereocenters. The predicted octanol–water partition coefficient (Wildman–Crippen LogP) is 1.72. The lowest BCUT2D eigenvalue weighted by Crippen LogP contribution is -2.32. The summed E-state index contributed by atoms with van der Waals surface area (Å²) in [6, 6.07) is 0. The number of piperidine rings is 1. The fourth-order valence-electron chi connectivity index (χ4n) is 1.33. The van der Waals surface area contributed by atoms with Gasteiger partial charge in [-0.15, -0.1) is 0 Å². The van der Waals surface area contributed by atoms with Crippen LogP contribution in [0.3, 0.4) is 0 Å². The van der Waals surface area contributed by atoms with Gasteiger partial charge in [-0.1, -0.05) is 15.9 Å². The first kappa shape index (κ1) is 8.47. The van der Waals surface area contributed by atoms with Crippen molar-refractivity contribution in [3.63, 3.8) is 0 Å². The maximum atomic E-state index is 12.9. The molecule has 1 rings (SSSR count). The Morgan fingerprint density at radius 1 is 1.50 bits per heavy atom. The Morgan fingerprint density at radius 2 is 2.10 bits per heavy atom. The molecule has 0 aromatic carbocycles. The van der Waals surface area contributed by atoms with Crippen LogP contribution in [0.15, 0.2) is 0 Å². The van der Waals surface area contributed by atoms with Gasteiger partial charge in [0.25, 0.3) is 0 Å². The fourth-order valence-corrected chi connectivity index (χ4v) is 1.86. The monoisotopic (exact) mass is 209 g/mol. The standard InChI is InChI=1S/C7H13BrFN/c8-5-7(9)6-1-3-10-4-2-6/h6-7,10H,1-5H2. The van der Waals surface area contributed by atoms with Gasteiger partial charge >= 0.3 is 0 Å². The summed E-state index contributed by atoms with van der Waals surface area (Å²) in [6.45, 7) is 1.97. The molecule has 0 aromatic rings. The van der Waals surface area contributed by atoms with Gasteiger partial charge in [0.2, 0.25) is 0 Å². The average molecular weight is 210 g/mol. The van der Waals surface area contributed by atoms with Gasteiger partial charge in [-0.2, -0.15) is 0 Å². The van der Waals surface area contributed by atoms with Crippen molar-refractivity contribution >= 4 is 15.9 Å². The minimum Gasteiger partial charge on any atom is -0.317 e. The Hall–Kier alpha value is 0.370. The number of alkyl halides is 2. The van der Waals surface area contributed by atoms with E-state index >= 15 is 0 Å². The Bertz CT molecular complexity index is 93.6. The third kappa shape index (κ3) is 2.20. The minimum atomic E-state index is -0.637. The van der Waals surface area contributed by atoms with Crippen molar-refractivity contribution in [2.75, 3.05) is 18.4 Å². The zero-order valence-electron chi connectivity index (χ0n) is 5.95. The molecule has 1 atom stereocenters. The lowest BCUT2D eigenvalue weighted by molar-refractivity contribution is 0.210. The van der Waals surface area contributed by atoms with Gasteiger partial charge in [0.15, 0.2) is 0 Å². The fraction of sp³-hybridized carbons (Fsp3) is 1.00. The van der Waals surface area contributed by atoms with E-state index in [1.165, 1.54) is 0 Å². The molecular weight excluding hydrogens is 197 g/mol. The molecule has 0 amide bonds. The van der Waals surface area contributed by atoms with Crippen LogP contribution >= 0.6 is 15.9 Å². The van der Waals surface area contributed by atoms with Crippen LogP contribution in [-0.2, 0) is 0 Å². The Labute approximate surface area is 69.5 Å². The van der Waals surface area contributed by atoms with Crippen LogP contribution in [0.4, 0.5) is 4.39 Å². The molecule has 1 nitrogen and oxygen atoms in total. The van der Waals surface area contributed by atoms with E-state index in [9.17, 15) is 4.39 Å². The second-order valence-electron chi connectivity index (χ2n) is 2.76. The summed E-state index contributed by atoms with van der Waals surface area (Å²) >= 11 is 3.15. The van der Waals surface area contributed by atoms with Crippen LogP contribution in [0.1, 0.15) is 12.8 Å². The summed E-state index contributed by atoms with van der Waals surface area (Å²) in [7, 11) is 0. The largest absolute Gasteiger partial charge is 0.317 e. The first-order chi connectivity index (χ1) is 4.84.